The van der Waals surface area contributed by atoms with Crippen molar-refractivity contribution in [2.24, 2.45) is 0 Å². The molecule has 0 radical (unpaired) electrons. The van der Waals surface area contributed by atoms with Crippen LogP contribution in [0, 0.1) is 0 Å². The summed E-state index contributed by atoms with van der Waals surface area (Å²) in [6.45, 7) is -0.930. The summed E-state index contributed by atoms with van der Waals surface area (Å²) in [6.07, 6.45) is -5.10. The first-order valence-electron chi connectivity index (χ1n) is 3.52. The Morgan fingerprint density at radius 3 is 2.23 bits per heavy atom. The molecule has 0 amide bonds. The van der Waals surface area contributed by atoms with Crippen LogP contribution >= 0.6 is 12.4 Å². The van der Waals surface area contributed by atoms with Crippen LogP contribution in [0.5, 0.6) is 0 Å². The molecule has 3 nitrogen and oxygen atoms in total. The van der Waals surface area contributed by atoms with Gasteiger partial charge < -0.3 is 15.5 Å². The molecule has 13 heavy (non-hydrogen) atoms. The maximum absolute atomic E-state index is 12.1. The van der Waals surface area contributed by atoms with E-state index in [2.05, 4.69) is 5.32 Å². The summed E-state index contributed by atoms with van der Waals surface area (Å²) >= 11 is 0. The zero-order chi connectivity index (χ0) is 9.41. The molecule has 80 valence electrons. The number of aliphatic hydroxyl groups is 2. The monoisotopic (exact) mass is 221 g/mol. The number of halogens is 4. The minimum absolute atomic E-state index is 0. The van der Waals surface area contributed by atoms with Gasteiger partial charge in [0.1, 0.15) is 0 Å². The second-order valence-electron chi connectivity index (χ2n) is 2.99. The highest BCUT2D eigenvalue weighted by Crippen LogP contribution is 2.36. The fourth-order valence-corrected chi connectivity index (χ4v) is 1.21. The van der Waals surface area contributed by atoms with Crippen molar-refractivity contribution >= 4 is 12.4 Å². The molecule has 0 spiro atoms. The lowest BCUT2D eigenvalue weighted by molar-refractivity contribution is -0.252. The Hall–Kier alpha value is -0.0400. The van der Waals surface area contributed by atoms with Gasteiger partial charge in [-0.3, -0.25) is 0 Å². The summed E-state index contributed by atoms with van der Waals surface area (Å²) in [7, 11) is 0. The molecule has 7 heteroatoms. The van der Waals surface area contributed by atoms with E-state index in [0.29, 0.717) is 0 Å². The van der Waals surface area contributed by atoms with Crippen LogP contribution in [0.1, 0.15) is 6.42 Å². The van der Waals surface area contributed by atoms with Gasteiger partial charge in [0.05, 0.1) is 6.61 Å². The van der Waals surface area contributed by atoms with E-state index in [0.717, 1.165) is 0 Å². The van der Waals surface area contributed by atoms with Crippen molar-refractivity contribution < 1.29 is 23.4 Å². The van der Waals surface area contributed by atoms with Crippen molar-refractivity contribution in [1.82, 2.24) is 5.32 Å². The highest BCUT2D eigenvalue weighted by Gasteiger charge is 2.57. The van der Waals surface area contributed by atoms with Gasteiger partial charge in [-0.05, 0) is 0 Å². The molecule has 0 unspecified atom stereocenters. The molecular weight excluding hydrogens is 211 g/mol. The van der Waals surface area contributed by atoms with Gasteiger partial charge in [0, 0.05) is 19.0 Å². The van der Waals surface area contributed by atoms with Crippen molar-refractivity contribution in [3.8, 4) is 0 Å². The summed E-state index contributed by atoms with van der Waals surface area (Å²) in [6, 6.07) is -0.656. The molecule has 3 N–H and O–H groups in total. The van der Waals surface area contributed by atoms with E-state index >= 15 is 0 Å². The lowest BCUT2D eigenvalue weighted by atomic mass is 10.0. The van der Waals surface area contributed by atoms with Gasteiger partial charge in [0.15, 0.2) is 5.60 Å². The van der Waals surface area contributed by atoms with E-state index in [-0.39, 0.29) is 12.4 Å². The Bertz CT molecular complexity index is 178. The molecule has 1 fully saturated rings. The number of hydrogen-bond acceptors (Lipinski definition) is 3. The number of nitrogens with one attached hydrogen (secondary N) is 1. The van der Waals surface area contributed by atoms with Gasteiger partial charge in [0.2, 0.25) is 0 Å². The molecule has 0 bridgehead atoms. The van der Waals surface area contributed by atoms with Crippen molar-refractivity contribution in [3.63, 3.8) is 0 Å². The average Bonchev–Trinajstić information content (AvgIpc) is 2.31. The van der Waals surface area contributed by atoms with E-state index in [1.165, 1.54) is 0 Å². The Balaban J connectivity index is 0.00000144. The van der Waals surface area contributed by atoms with Gasteiger partial charge in [-0.15, -0.1) is 12.4 Å². The van der Waals surface area contributed by atoms with Crippen LogP contribution in [0.2, 0.25) is 0 Å². The topological polar surface area (TPSA) is 52.5 Å². The zero-order valence-electron chi connectivity index (χ0n) is 6.64. The molecule has 0 saturated carbocycles. The Kier molecular flexibility index (Phi) is 3.98. The number of hydrogen-bond donors (Lipinski definition) is 3. The molecule has 1 rings (SSSR count). The van der Waals surface area contributed by atoms with E-state index < -0.39 is 37.4 Å². The average molecular weight is 222 g/mol. The number of alkyl halides is 3. The maximum atomic E-state index is 12.1. The summed E-state index contributed by atoms with van der Waals surface area (Å²) < 4.78 is 36.2. The number of rotatable bonds is 1. The minimum Gasteiger partial charge on any atom is -0.395 e. The molecule has 1 aliphatic rings. The van der Waals surface area contributed by atoms with Crippen LogP contribution in [0.25, 0.3) is 0 Å². The molecule has 0 aromatic heterocycles. The highest BCUT2D eigenvalue weighted by molar-refractivity contribution is 5.85. The first-order chi connectivity index (χ1) is 5.39. The van der Waals surface area contributed by atoms with E-state index in [4.69, 9.17) is 10.2 Å². The number of β-amino-alcohol motifs (C(OH)–C–C–N with tert-alkyl or cyclic N) is 1. The van der Waals surface area contributed by atoms with Crippen LogP contribution in [0.3, 0.4) is 0 Å². The lowest BCUT2D eigenvalue weighted by Gasteiger charge is -2.24. The third-order valence-electron chi connectivity index (χ3n) is 2.02. The van der Waals surface area contributed by atoms with Crippen LogP contribution in [0.15, 0.2) is 0 Å². The highest BCUT2D eigenvalue weighted by atomic mass is 35.5. The Labute approximate surface area is 79.3 Å². The molecular formula is C6H11ClF3NO2. The summed E-state index contributed by atoms with van der Waals surface area (Å²) in [5.41, 5.74) is -2.67. The van der Waals surface area contributed by atoms with Gasteiger partial charge in [-0.25, -0.2) is 0 Å². The third kappa shape index (κ3) is 2.46. The standard InChI is InChI=1S/C6H10F3NO2.ClH/c7-6(8,9)5(12)1-4(2-11)10-3-5;/h4,10-12H,1-3H2;1H/t4-,5-;/m0./s1. The summed E-state index contributed by atoms with van der Waals surface area (Å²) in [5, 5.41) is 19.9. The number of aliphatic hydroxyl groups excluding tert-OH is 1. The zero-order valence-corrected chi connectivity index (χ0v) is 7.45. The molecule has 2 atom stereocenters. The Morgan fingerprint density at radius 2 is 2.00 bits per heavy atom. The van der Waals surface area contributed by atoms with E-state index in [1.807, 2.05) is 0 Å². The van der Waals surface area contributed by atoms with Gasteiger partial charge in [0.25, 0.3) is 0 Å². The first-order valence-corrected chi connectivity index (χ1v) is 3.52. The second kappa shape index (κ2) is 4.00. The van der Waals surface area contributed by atoms with Crippen LogP contribution in [0.4, 0.5) is 13.2 Å². The fourth-order valence-electron chi connectivity index (χ4n) is 1.21. The molecule has 1 aliphatic heterocycles. The molecule has 0 aromatic carbocycles. The summed E-state index contributed by atoms with van der Waals surface area (Å²) in [4.78, 5) is 0. The predicted molar refractivity (Wildman–Crippen MR) is 41.7 cm³/mol. The molecule has 1 heterocycles. The smallest absolute Gasteiger partial charge is 0.395 e. The fraction of sp³-hybridized carbons (Fsp3) is 1.00. The largest absolute Gasteiger partial charge is 0.418 e. The normalized spacial score (nSPS) is 34.4. The van der Waals surface area contributed by atoms with E-state index in [1.54, 1.807) is 0 Å². The molecule has 0 aromatic rings. The van der Waals surface area contributed by atoms with Crippen LogP contribution in [-0.2, 0) is 0 Å². The van der Waals surface area contributed by atoms with Crippen LogP contribution < -0.4 is 5.32 Å². The third-order valence-corrected chi connectivity index (χ3v) is 2.02. The van der Waals surface area contributed by atoms with Crippen molar-refractivity contribution in [2.75, 3.05) is 13.2 Å². The Morgan fingerprint density at radius 1 is 1.46 bits per heavy atom. The molecule has 0 aliphatic carbocycles. The quantitative estimate of drug-likeness (QED) is 0.587. The molecule has 1 saturated heterocycles. The van der Waals surface area contributed by atoms with E-state index in [9.17, 15) is 13.2 Å². The predicted octanol–water partition coefficient (Wildman–Crippen LogP) is 0.0558. The van der Waals surface area contributed by atoms with Crippen molar-refractivity contribution in [3.05, 3.63) is 0 Å². The van der Waals surface area contributed by atoms with Gasteiger partial charge in [-0.1, -0.05) is 0 Å². The van der Waals surface area contributed by atoms with Gasteiger partial charge >= 0.3 is 6.18 Å². The first kappa shape index (κ1) is 13.0. The minimum atomic E-state index is -4.62. The SMILES string of the molecule is Cl.OC[C@@H]1C[C@@](O)(C(F)(F)F)CN1. The van der Waals surface area contributed by atoms with Crippen LogP contribution in [-0.4, -0.2) is 41.2 Å². The van der Waals surface area contributed by atoms with Crippen molar-refractivity contribution in [2.45, 2.75) is 24.2 Å². The summed E-state index contributed by atoms with van der Waals surface area (Å²) in [5.74, 6) is 0. The lowest BCUT2D eigenvalue weighted by Crippen LogP contribution is -2.46. The van der Waals surface area contributed by atoms with Crippen molar-refractivity contribution in [1.29, 1.82) is 0 Å². The maximum Gasteiger partial charge on any atom is 0.418 e. The second-order valence-corrected chi connectivity index (χ2v) is 2.99. The van der Waals surface area contributed by atoms with Gasteiger partial charge in [-0.2, -0.15) is 13.2 Å².